The number of nitrogens with one attached hydrogen (secondary N) is 1. The van der Waals surface area contributed by atoms with Gasteiger partial charge in [0.1, 0.15) is 11.5 Å². The second-order valence-corrected chi connectivity index (χ2v) is 7.80. The molecule has 25 heavy (non-hydrogen) atoms. The summed E-state index contributed by atoms with van der Waals surface area (Å²) in [6, 6.07) is 11.9. The second kappa shape index (κ2) is 7.30. The molecule has 0 spiro atoms. The minimum absolute atomic E-state index is 0.0576. The van der Waals surface area contributed by atoms with Gasteiger partial charge in [-0.15, -0.1) is 11.3 Å². The van der Waals surface area contributed by atoms with Crippen molar-refractivity contribution in [3.05, 3.63) is 53.6 Å². The number of methoxy groups -OCH3 is 2. The molecule has 3 aromatic rings. The molecule has 1 aromatic carbocycles. The fraction of sp³-hybridized carbons (Fsp3) is 0.176. The van der Waals surface area contributed by atoms with Crippen LogP contribution >= 0.6 is 11.3 Å². The lowest BCUT2D eigenvalue weighted by atomic mass is 10.3. The van der Waals surface area contributed by atoms with Crippen molar-refractivity contribution < 1.29 is 22.3 Å². The van der Waals surface area contributed by atoms with E-state index in [0.29, 0.717) is 17.3 Å². The van der Waals surface area contributed by atoms with Gasteiger partial charge in [-0.25, -0.2) is 13.1 Å². The number of rotatable bonds is 7. The van der Waals surface area contributed by atoms with Crippen LogP contribution in [0.4, 0.5) is 0 Å². The van der Waals surface area contributed by atoms with Crippen LogP contribution in [0, 0.1) is 0 Å². The first-order valence-electron chi connectivity index (χ1n) is 7.38. The third-order valence-electron chi connectivity index (χ3n) is 3.53. The predicted octanol–water partition coefficient (Wildman–Crippen LogP) is 3.50. The maximum Gasteiger partial charge on any atom is 0.241 e. The van der Waals surface area contributed by atoms with Crippen LogP contribution in [0.2, 0.25) is 0 Å². The fourth-order valence-electron chi connectivity index (χ4n) is 2.26. The van der Waals surface area contributed by atoms with Gasteiger partial charge in [0.05, 0.1) is 30.5 Å². The Bertz CT molecular complexity index is 945. The van der Waals surface area contributed by atoms with Gasteiger partial charge in [0.15, 0.2) is 11.5 Å². The third-order valence-corrected chi connectivity index (χ3v) is 5.81. The number of hydrogen-bond donors (Lipinski definition) is 1. The van der Waals surface area contributed by atoms with E-state index in [1.54, 1.807) is 23.5 Å². The van der Waals surface area contributed by atoms with Crippen molar-refractivity contribution in [3.8, 4) is 22.1 Å². The summed E-state index contributed by atoms with van der Waals surface area (Å²) in [6.07, 6.45) is 0. The van der Waals surface area contributed by atoms with Crippen molar-refractivity contribution in [2.45, 2.75) is 11.4 Å². The average molecular weight is 379 g/mol. The largest absolute Gasteiger partial charge is 0.493 e. The Hall–Kier alpha value is -2.29. The smallest absolute Gasteiger partial charge is 0.241 e. The standard InChI is InChI=1S/C17H17NO5S2/c1-21-14-8-6-13(10-16(14)22-2)25(19,20)18-11-12-5-7-15(23-12)17-4-3-9-24-17/h3-10,18H,11H2,1-2H3. The molecule has 1 N–H and O–H groups in total. The van der Waals surface area contributed by atoms with Crippen molar-refractivity contribution in [2.75, 3.05) is 14.2 Å². The van der Waals surface area contributed by atoms with Gasteiger partial charge in [0.25, 0.3) is 0 Å². The van der Waals surface area contributed by atoms with Crippen LogP contribution < -0.4 is 14.2 Å². The van der Waals surface area contributed by atoms with Gasteiger partial charge in [-0.1, -0.05) is 6.07 Å². The highest BCUT2D eigenvalue weighted by Gasteiger charge is 2.17. The molecule has 0 radical (unpaired) electrons. The van der Waals surface area contributed by atoms with E-state index in [2.05, 4.69) is 4.72 Å². The third kappa shape index (κ3) is 3.87. The molecule has 0 aliphatic carbocycles. The number of thiophene rings is 1. The lowest BCUT2D eigenvalue weighted by Gasteiger charge is -2.10. The van der Waals surface area contributed by atoms with E-state index >= 15 is 0 Å². The number of hydrogen-bond acceptors (Lipinski definition) is 6. The maximum absolute atomic E-state index is 12.5. The van der Waals surface area contributed by atoms with Crippen LogP contribution in [0.3, 0.4) is 0 Å². The van der Waals surface area contributed by atoms with Crippen LogP contribution in [0.5, 0.6) is 11.5 Å². The van der Waals surface area contributed by atoms with Gasteiger partial charge >= 0.3 is 0 Å². The molecule has 0 amide bonds. The summed E-state index contributed by atoms with van der Waals surface area (Å²) in [5.41, 5.74) is 0. The molecule has 2 heterocycles. The molecular weight excluding hydrogens is 362 g/mol. The summed E-state index contributed by atoms with van der Waals surface area (Å²) in [4.78, 5) is 1.09. The van der Waals surface area contributed by atoms with Crippen molar-refractivity contribution in [2.24, 2.45) is 0 Å². The Labute approximate surface area is 150 Å². The molecule has 0 saturated carbocycles. The molecule has 0 aliphatic heterocycles. The summed E-state index contributed by atoms with van der Waals surface area (Å²) in [6.45, 7) is 0.0576. The zero-order chi connectivity index (χ0) is 17.9. The molecular formula is C17H17NO5S2. The number of ether oxygens (including phenoxy) is 2. The van der Waals surface area contributed by atoms with Gasteiger partial charge in [0.2, 0.25) is 10.0 Å². The van der Waals surface area contributed by atoms with E-state index in [9.17, 15) is 8.42 Å². The number of benzene rings is 1. The first-order chi connectivity index (χ1) is 12.0. The van der Waals surface area contributed by atoms with Crippen LogP contribution in [0.1, 0.15) is 5.76 Å². The number of furan rings is 1. The molecule has 0 saturated heterocycles. The second-order valence-electron chi connectivity index (χ2n) is 5.08. The van der Waals surface area contributed by atoms with Crippen molar-refractivity contribution in [3.63, 3.8) is 0 Å². The van der Waals surface area contributed by atoms with E-state index in [0.717, 1.165) is 10.6 Å². The summed E-state index contributed by atoms with van der Waals surface area (Å²) >= 11 is 1.56. The number of sulfonamides is 1. The van der Waals surface area contributed by atoms with Gasteiger partial charge in [-0.3, -0.25) is 0 Å². The van der Waals surface area contributed by atoms with Crippen LogP contribution in [0.25, 0.3) is 10.6 Å². The highest BCUT2D eigenvalue weighted by atomic mass is 32.2. The Morgan fingerprint density at radius 1 is 1.08 bits per heavy atom. The van der Waals surface area contributed by atoms with E-state index in [1.807, 2.05) is 23.6 Å². The zero-order valence-electron chi connectivity index (χ0n) is 13.7. The normalized spacial score (nSPS) is 11.4. The molecule has 8 heteroatoms. The lowest BCUT2D eigenvalue weighted by Crippen LogP contribution is -2.23. The van der Waals surface area contributed by atoms with Crippen LogP contribution in [0.15, 0.2) is 57.2 Å². The molecule has 2 aromatic heterocycles. The molecule has 3 rings (SSSR count). The SMILES string of the molecule is COc1ccc(S(=O)(=O)NCc2ccc(-c3cccs3)o2)cc1OC. The van der Waals surface area contributed by atoms with E-state index in [1.165, 1.54) is 26.4 Å². The maximum atomic E-state index is 12.5. The van der Waals surface area contributed by atoms with Crippen molar-refractivity contribution in [1.82, 2.24) is 4.72 Å². The summed E-state index contributed by atoms with van der Waals surface area (Å²) in [5.74, 6) is 2.07. The monoisotopic (exact) mass is 379 g/mol. The zero-order valence-corrected chi connectivity index (χ0v) is 15.3. The molecule has 0 atom stereocenters. The summed E-state index contributed by atoms with van der Waals surface area (Å²) in [7, 11) is -0.756. The average Bonchev–Trinajstić information content (AvgIpc) is 3.30. The Morgan fingerprint density at radius 2 is 1.88 bits per heavy atom. The molecule has 0 aliphatic rings. The van der Waals surface area contributed by atoms with Crippen LogP contribution in [-0.4, -0.2) is 22.6 Å². The first kappa shape index (κ1) is 17.5. The van der Waals surface area contributed by atoms with E-state index in [-0.39, 0.29) is 11.4 Å². The van der Waals surface area contributed by atoms with Crippen molar-refractivity contribution >= 4 is 21.4 Å². The van der Waals surface area contributed by atoms with E-state index < -0.39 is 10.0 Å². The van der Waals surface area contributed by atoms with Gasteiger partial charge < -0.3 is 13.9 Å². The molecule has 6 nitrogen and oxygen atoms in total. The molecule has 0 fully saturated rings. The first-order valence-corrected chi connectivity index (χ1v) is 9.74. The van der Waals surface area contributed by atoms with Gasteiger partial charge in [0, 0.05) is 6.07 Å². The Balaban J connectivity index is 1.74. The lowest BCUT2D eigenvalue weighted by molar-refractivity contribution is 0.354. The predicted molar refractivity (Wildman–Crippen MR) is 95.6 cm³/mol. The molecule has 0 unspecified atom stereocenters. The molecule has 132 valence electrons. The topological polar surface area (TPSA) is 77.8 Å². The summed E-state index contributed by atoms with van der Waals surface area (Å²) in [5, 5.41) is 1.96. The minimum Gasteiger partial charge on any atom is -0.493 e. The highest BCUT2D eigenvalue weighted by molar-refractivity contribution is 7.89. The minimum atomic E-state index is -3.70. The van der Waals surface area contributed by atoms with Crippen LogP contribution in [-0.2, 0) is 16.6 Å². The van der Waals surface area contributed by atoms with E-state index in [4.69, 9.17) is 13.9 Å². The Morgan fingerprint density at radius 3 is 2.56 bits per heavy atom. The van der Waals surface area contributed by atoms with Crippen molar-refractivity contribution in [1.29, 1.82) is 0 Å². The Kier molecular flexibility index (Phi) is 5.12. The quantitative estimate of drug-likeness (QED) is 0.680. The molecule has 0 bridgehead atoms. The fourth-order valence-corrected chi connectivity index (χ4v) is 3.95. The summed E-state index contributed by atoms with van der Waals surface area (Å²) < 4.78 is 43.4. The highest BCUT2D eigenvalue weighted by Crippen LogP contribution is 2.30. The van der Waals surface area contributed by atoms with Gasteiger partial charge in [-0.2, -0.15) is 0 Å². The van der Waals surface area contributed by atoms with Gasteiger partial charge in [-0.05, 0) is 35.7 Å².